The van der Waals surface area contributed by atoms with Crippen LogP contribution in [0, 0.1) is 0 Å². The van der Waals surface area contributed by atoms with Gasteiger partial charge in [-0.2, -0.15) is 4.31 Å². The summed E-state index contributed by atoms with van der Waals surface area (Å²) in [6.07, 6.45) is 1.80. The number of hydrogen-bond donors (Lipinski definition) is 0. The van der Waals surface area contributed by atoms with Crippen LogP contribution in [0.15, 0.2) is 83.8 Å². The molecule has 29 heavy (non-hydrogen) atoms. The smallest absolute Gasteiger partial charge is 0.305 e. The van der Waals surface area contributed by atoms with Crippen LogP contribution < -0.4 is 9.47 Å². The zero-order valence-corrected chi connectivity index (χ0v) is 16.6. The number of nitrogens with zero attached hydrogens (tertiary/aromatic N) is 1. The number of ether oxygens (including phenoxy) is 2. The van der Waals surface area contributed by atoms with Crippen molar-refractivity contribution >= 4 is 10.0 Å². The van der Waals surface area contributed by atoms with Crippen LogP contribution in [0.25, 0.3) is 0 Å². The molecule has 0 aromatic heterocycles. The minimum Gasteiger partial charge on any atom is -0.440 e. The summed E-state index contributed by atoms with van der Waals surface area (Å²) in [6.45, 7) is 1.13. The van der Waals surface area contributed by atoms with E-state index in [-0.39, 0.29) is 4.90 Å². The molecule has 3 aromatic rings. The summed E-state index contributed by atoms with van der Waals surface area (Å²) in [5, 5.41) is 0. The third-order valence-electron chi connectivity index (χ3n) is 5.43. The lowest BCUT2D eigenvalue weighted by Crippen LogP contribution is -2.36. The van der Waals surface area contributed by atoms with Gasteiger partial charge in [-0.05, 0) is 25.0 Å². The zero-order chi connectivity index (χ0) is 19.9. The lowest BCUT2D eigenvalue weighted by atomic mass is 9.97. The molecule has 0 amide bonds. The number of rotatable bonds is 4. The Morgan fingerprint density at radius 3 is 1.86 bits per heavy atom. The Bertz CT molecular complexity index is 1080. The largest absolute Gasteiger partial charge is 0.440 e. The maximum atomic E-state index is 13.0. The van der Waals surface area contributed by atoms with E-state index in [1.165, 1.54) is 4.31 Å². The Labute approximate surface area is 170 Å². The van der Waals surface area contributed by atoms with Gasteiger partial charge < -0.3 is 9.47 Å². The van der Waals surface area contributed by atoms with E-state index in [4.69, 9.17) is 9.47 Å². The first-order valence-corrected chi connectivity index (χ1v) is 11.2. The van der Waals surface area contributed by atoms with Crippen molar-refractivity contribution in [2.75, 3.05) is 13.1 Å². The second-order valence-corrected chi connectivity index (χ2v) is 9.21. The van der Waals surface area contributed by atoms with Gasteiger partial charge in [0, 0.05) is 30.3 Å². The van der Waals surface area contributed by atoms with E-state index < -0.39 is 15.8 Å². The van der Waals surface area contributed by atoms with Crippen LogP contribution in [0.3, 0.4) is 0 Å². The van der Waals surface area contributed by atoms with Gasteiger partial charge in [0.1, 0.15) is 0 Å². The molecule has 0 atom stereocenters. The van der Waals surface area contributed by atoms with E-state index in [9.17, 15) is 8.42 Å². The van der Waals surface area contributed by atoms with Gasteiger partial charge in [0.05, 0.1) is 4.90 Å². The van der Waals surface area contributed by atoms with Crippen LogP contribution in [-0.4, -0.2) is 25.8 Å². The van der Waals surface area contributed by atoms with Gasteiger partial charge in [-0.15, -0.1) is 0 Å². The van der Waals surface area contributed by atoms with Crippen molar-refractivity contribution in [2.24, 2.45) is 0 Å². The normalized spacial score (nSPS) is 18.1. The highest BCUT2D eigenvalue weighted by Gasteiger charge is 2.45. The number of hydrogen-bond acceptors (Lipinski definition) is 4. The van der Waals surface area contributed by atoms with Crippen LogP contribution >= 0.6 is 0 Å². The highest BCUT2D eigenvalue weighted by Crippen LogP contribution is 2.48. The quantitative estimate of drug-likeness (QED) is 0.652. The summed E-state index contributed by atoms with van der Waals surface area (Å²) < 4.78 is 40.2. The van der Waals surface area contributed by atoms with Crippen LogP contribution in [0.1, 0.15) is 24.0 Å². The van der Waals surface area contributed by atoms with Gasteiger partial charge in [0.25, 0.3) is 0 Å². The van der Waals surface area contributed by atoms with Gasteiger partial charge >= 0.3 is 5.79 Å². The molecule has 0 N–H and O–H groups in total. The van der Waals surface area contributed by atoms with E-state index >= 15 is 0 Å². The molecule has 5 nitrogen and oxygen atoms in total. The fourth-order valence-electron chi connectivity index (χ4n) is 3.94. The summed E-state index contributed by atoms with van der Waals surface area (Å²) in [6, 6.07) is 24.2. The van der Waals surface area contributed by atoms with Crippen molar-refractivity contribution in [2.45, 2.75) is 23.5 Å². The molecule has 0 spiro atoms. The Hall–Kier alpha value is -2.83. The van der Waals surface area contributed by atoms with Gasteiger partial charge in [0.15, 0.2) is 11.5 Å². The molecule has 148 valence electrons. The minimum absolute atomic E-state index is 0.235. The topological polar surface area (TPSA) is 55.8 Å². The van der Waals surface area contributed by atoms with Crippen molar-refractivity contribution in [3.05, 3.63) is 90.0 Å². The molecular weight excluding hydrogens is 386 g/mol. The summed E-state index contributed by atoms with van der Waals surface area (Å²) in [4.78, 5) is 0.235. The molecule has 2 aliphatic heterocycles. The molecule has 5 rings (SSSR count). The van der Waals surface area contributed by atoms with Gasteiger partial charge in [0.2, 0.25) is 10.0 Å². The SMILES string of the molecule is O=S(=O)(c1ccc2c(c1)OC(c1ccccc1)(c1ccccc1)O2)N1CCCC1. The van der Waals surface area contributed by atoms with Crippen molar-refractivity contribution in [3.63, 3.8) is 0 Å². The van der Waals surface area contributed by atoms with Crippen LogP contribution in [-0.2, 0) is 15.8 Å². The van der Waals surface area contributed by atoms with E-state index in [0.29, 0.717) is 24.6 Å². The highest BCUT2D eigenvalue weighted by molar-refractivity contribution is 7.89. The molecule has 6 heteroatoms. The molecule has 2 heterocycles. The van der Waals surface area contributed by atoms with E-state index in [0.717, 1.165) is 24.0 Å². The monoisotopic (exact) mass is 407 g/mol. The fourth-order valence-corrected chi connectivity index (χ4v) is 5.47. The lowest BCUT2D eigenvalue weighted by molar-refractivity contribution is -0.0459. The average Bonchev–Trinajstić information content (AvgIpc) is 3.43. The fraction of sp³-hybridized carbons (Fsp3) is 0.217. The minimum atomic E-state index is -3.53. The predicted molar refractivity (Wildman–Crippen MR) is 109 cm³/mol. The molecule has 0 radical (unpaired) electrons. The van der Waals surface area contributed by atoms with Crippen LogP contribution in [0.2, 0.25) is 0 Å². The average molecular weight is 407 g/mol. The predicted octanol–water partition coefficient (Wildman–Crippen LogP) is 4.14. The molecule has 0 bridgehead atoms. The summed E-state index contributed by atoms with van der Waals surface area (Å²) in [5.74, 6) is -0.197. The Kier molecular flexibility index (Phi) is 4.33. The second kappa shape index (κ2) is 6.90. The highest BCUT2D eigenvalue weighted by atomic mass is 32.2. The van der Waals surface area contributed by atoms with Gasteiger partial charge in [-0.1, -0.05) is 60.7 Å². The summed E-state index contributed by atoms with van der Waals surface area (Å²) in [7, 11) is -3.53. The maximum absolute atomic E-state index is 13.0. The molecular formula is C23H21NO4S. The molecule has 3 aromatic carbocycles. The first-order chi connectivity index (χ1) is 14.1. The van der Waals surface area contributed by atoms with Gasteiger partial charge in [-0.25, -0.2) is 8.42 Å². The maximum Gasteiger partial charge on any atom is 0.305 e. The van der Waals surface area contributed by atoms with E-state index in [1.807, 2.05) is 60.7 Å². The van der Waals surface area contributed by atoms with Crippen molar-refractivity contribution < 1.29 is 17.9 Å². The third kappa shape index (κ3) is 2.99. The number of sulfonamides is 1. The van der Waals surface area contributed by atoms with E-state index in [1.54, 1.807) is 18.2 Å². The molecule has 0 aliphatic carbocycles. The van der Waals surface area contributed by atoms with Crippen molar-refractivity contribution in [1.29, 1.82) is 0 Å². The van der Waals surface area contributed by atoms with Crippen LogP contribution in [0.5, 0.6) is 11.5 Å². The van der Waals surface area contributed by atoms with E-state index in [2.05, 4.69) is 0 Å². The zero-order valence-electron chi connectivity index (χ0n) is 15.8. The first-order valence-electron chi connectivity index (χ1n) is 9.73. The molecule has 1 saturated heterocycles. The molecule has 0 unspecified atom stereocenters. The number of benzene rings is 3. The third-order valence-corrected chi connectivity index (χ3v) is 7.33. The second-order valence-electron chi connectivity index (χ2n) is 7.27. The van der Waals surface area contributed by atoms with Crippen molar-refractivity contribution in [1.82, 2.24) is 4.31 Å². The Balaban J connectivity index is 1.58. The summed E-state index contributed by atoms with van der Waals surface area (Å²) in [5.41, 5.74) is 1.68. The lowest BCUT2D eigenvalue weighted by Gasteiger charge is -2.28. The van der Waals surface area contributed by atoms with Crippen molar-refractivity contribution in [3.8, 4) is 11.5 Å². The first kappa shape index (κ1) is 18.2. The Morgan fingerprint density at radius 2 is 1.28 bits per heavy atom. The standard InChI is InChI=1S/C23H21NO4S/c25-29(26,24-15-7-8-16-24)20-13-14-21-22(17-20)28-23(27-21,18-9-3-1-4-10-18)19-11-5-2-6-12-19/h1-6,9-14,17H,7-8,15-16H2. The number of fused-ring (bicyclic) bond motifs is 1. The van der Waals surface area contributed by atoms with Crippen LogP contribution in [0.4, 0.5) is 0 Å². The molecule has 2 aliphatic rings. The van der Waals surface area contributed by atoms with Gasteiger partial charge in [-0.3, -0.25) is 0 Å². The summed E-state index contributed by atoms with van der Waals surface area (Å²) >= 11 is 0. The molecule has 0 saturated carbocycles. The molecule has 1 fully saturated rings. The Morgan fingerprint density at radius 1 is 0.724 bits per heavy atom.